The number of ether oxygens (including phenoxy) is 3. The van der Waals surface area contributed by atoms with Crippen LogP contribution in [0.4, 0.5) is 13.2 Å². The van der Waals surface area contributed by atoms with Gasteiger partial charge in [0.15, 0.2) is 6.10 Å². The van der Waals surface area contributed by atoms with Crippen molar-refractivity contribution >= 4 is 17.6 Å². The fourth-order valence-electron chi connectivity index (χ4n) is 1.89. The maximum Gasteiger partial charge on any atom is 0.416 e. The molecule has 0 N–H and O–H groups in total. The van der Waals surface area contributed by atoms with Crippen molar-refractivity contribution in [2.75, 3.05) is 7.11 Å². The van der Waals surface area contributed by atoms with E-state index in [1.165, 1.54) is 26.2 Å². The Hall–Kier alpha value is -2.41. The third kappa shape index (κ3) is 5.03. The topological polar surface area (TPSA) is 44.8 Å². The Labute approximate surface area is 147 Å². The second-order valence-corrected chi connectivity index (χ2v) is 5.41. The highest BCUT2D eigenvalue weighted by Crippen LogP contribution is 2.36. The summed E-state index contributed by atoms with van der Waals surface area (Å²) >= 11 is 5.84. The van der Waals surface area contributed by atoms with E-state index in [0.29, 0.717) is 11.5 Å². The molecule has 0 aliphatic carbocycles. The van der Waals surface area contributed by atoms with Crippen LogP contribution in [0.1, 0.15) is 12.5 Å². The number of rotatable bonds is 5. The number of benzene rings is 2. The summed E-state index contributed by atoms with van der Waals surface area (Å²) in [6.07, 6.45) is -5.25. The minimum absolute atomic E-state index is 0.0891. The van der Waals surface area contributed by atoms with Crippen LogP contribution in [-0.2, 0) is 15.7 Å². The minimum atomic E-state index is -4.47. The zero-order valence-corrected chi connectivity index (χ0v) is 14.0. The largest absolute Gasteiger partial charge is 0.479 e. The molecular formula is C17H14ClF3O4. The molecule has 134 valence electrons. The lowest BCUT2D eigenvalue weighted by molar-refractivity contribution is -0.147. The van der Waals surface area contributed by atoms with Gasteiger partial charge in [-0.2, -0.15) is 13.2 Å². The highest BCUT2D eigenvalue weighted by atomic mass is 35.5. The van der Waals surface area contributed by atoms with Crippen LogP contribution in [0.5, 0.6) is 17.2 Å². The van der Waals surface area contributed by atoms with Gasteiger partial charge >= 0.3 is 12.1 Å². The molecule has 0 aliphatic heterocycles. The van der Waals surface area contributed by atoms with Crippen molar-refractivity contribution in [3.63, 3.8) is 0 Å². The zero-order chi connectivity index (χ0) is 18.6. The van der Waals surface area contributed by atoms with Crippen molar-refractivity contribution in [2.45, 2.75) is 19.2 Å². The Balaban J connectivity index is 2.08. The zero-order valence-electron chi connectivity index (χ0n) is 13.3. The Morgan fingerprint density at radius 1 is 1.08 bits per heavy atom. The van der Waals surface area contributed by atoms with Gasteiger partial charge < -0.3 is 14.2 Å². The molecule has 0 fully saturated rings. The summed E-state index contributed by atoms with van der Waals surface area (Å²) in [5.74, 6) is 0.326. The molecule has 0 aliphatic rings. The van der Waals surface area contributed by atoms with Gasteiger partial charge in [0.05, 0.1) is 17.7 Å². The third-order valence-corrected chi connectivity index (χ3v) is 3.45. The monoisotopic (exact) mass is 374 g/mol. The van der Waals surface area contributed by atoms with E-state index in [1.807, 2.05) is 0 Å². The molecule has 1 atom stereocenters. The first-order valence-electron chi connectivity index (χ1n) is 7.10. The first-order chi connectivity index (χ1) is 11.7. The van der Waals surface area contributed by atoms with Gasteiger partial charge in [-0.05, 0) is 49.4 Å². The van der Waals surface area contributed by atoms with Crippen molar-refractivity contribution in [1.82, 2.24) is 0 Å². The van der Waals surface area contributed by atoms with E-state index >= 15 is 0 Å². The number of carbonyl (C=O) groups is 1. The fraction of sp³-hybridized carbons (Fsp3) is 0.235. The van der Waals surface area contributed by atoms with E-state index in [9.17, 15) is 18.0 Å². The summed E-state index contributed by atoms with van der Waals surface area (Å²) in [6, 6.07) is 9.00. The molecule has 1 unspecified atom stereocenters. The fourth-order valence-corrected chi connectivity index (χ4v) is 2.11. The lowest BCUT2D eigenvalue weighted by atomic mass is 10.2. The summed E-state index contributed by atoms with van der Waals surface area (Å²) < 4.78 is 53.2. The van der Waals surface area contributed by atoms with Crippen LogP contribution in [0.3, 0.4) is 0 Å². The normalized spacial score (nSPS) is 12.4. The second-order valence-electron chi connectivity index (χ2n) is 5.00. The second kappa shape index (κ2) is 7.65. The molecule has 25 heavy (non-hydrogen) atoms. The van der Waals surface area contributed by atoms with E-state index in [1.54, 1.807) is 12.1 Å². The van der Waals surface area contributed by atoms with Gasteiger partial charge in [0, 0.05) is 0 Å². The molecule has 2 rings (SSSR count). The molecule has 0 aromatic heterocycles. The van der Waals surface area contributed by atoms with E-state index in [4.69, 9.17) is 21.1 Å². The smallest absolute Gasteiger partial charge is 0.416 e. The van der Waals surface area contributed by atoms with Gasteiger partial charge in [0.25, 0.3) is 0 Å². The number of hydrogen-bond acceptors (Lipinski definition) is 4. The van der Waals surface area contributed by atoms with Gasteiger partial charge in [-0.15, -0.1) is 0 Å². The van der Waals surface area contributed by atoms with Crippen LogP contribution in [0.2, 0.25) is 5.02 Å². The van der Waals surface area contributed by atoms with E-state index in [2.05, 4.69) is 4.74 Å². The van der Waals surface area contributed by atoms with Gasteiger partial charge in [0.1, 0.15) is 17.2 Å². The molecule has 2 aromatic carbocycles. The maximum atomic E-state index is 12.6. The molecule has 0 saturated heterocycles. The SMILES string of the molecule is COC(=O)C(C)Oc1ccc(Oc2ccc(C(F)(F)F)cc2Cl)cc1. The predicted octanol–water partition coefficient (Wildman–Crippen LogP) is 5.09. The predicted molar refractivity (Wildman–Crippen MR) is 85.1 cm³/mol. The number of hydrogen-bond donors (Lipinski definition) is 0. The average molecular weight is 375 g/mol. The molecule has 2 aromatic rings. The van der Waals surface area contributed by atoms with Crippen LogP contribution in [0, 0.1) is 0 Å². The van der Waals surface area contributed by atoms with E-state index in [-0.39, 0.29) is 10.8 Å². The maximum absolute atomic E-state index is 12.6. The lowest BCUT2D eigenvalue weighted by Gasteiger charge is -2.13. The molecule has 0 radical (unpaired) electrons. The van der Waals surface area contributed by atoms with Crippen molar-refractivity contribution in [3.05, 3.63) is 53.1 Å². The number of alkyl halides is 3. The Bertz CT molecular complexity index is 745. The molecular weight excluding hydrogens is 361 g/mol. The van der Waals surface area contributed by atoms with Gasteiger partial charge in [0.2, 0.25) is 0 Å². The summed E-state index contributed by atoms with van der Waals surface area (Å²) in [6.45, 7) is 1.54. The standard InChI is InChI=1S/C17H14ClF3O4/c1-10(16(22)23-2)24-12-4-6-13(7-5-12)25-15-8-3-11(9-14(15)18)17(19,20)21/h3-10H,1-2H3. The summed E-state index contributed by atoms with van der Waals surface area (Å²) in [4.78, 5) is 11.3. The van der Waals surface area contributed by atoms with Crippen molar-refractivity contribution in [2.24, 2.45) is 0 Å². The summed E-state index contributed by atoms with van der Waals surface area (Å²) in [5.41, 5.74) is -0.856. The van der Waals surface area contributed by atoms with Crippen LogP contribution in [0.15, 0.2) is 42.5 Å². The van der Waals surface area contributed by atoms with Crippen LogP contribution >= 0.6 is 11.6 Å². The molecule has 0 spiro atoms. The van der Waals surface area contributed by atoms with Gasteiger partial charge in [-0.1, -0.05) is 11.6 Å². The minimum Gasteiger partial charge on any atom is -0.479 e. The molecule has 0 bridgehead atoms. The molecule has 0 amide bonds. The summed E-state index contributed by atoms with van der Waals surface area (Å²) in [7, 11) is 1.26. The first kappa shape index (κ1) is 18.9. The Morgan fingerprint density at radius 3 is 2.20 bits per heavy atom. The van der Waals surface area contributed by atoms with Gasteiger partial charge in [-0.25, -0.2) is 4.79 Å². The van der Waals surface area contributed by atoms with Crippen LogP contribution < -0.4 is 9.47 Å². The van der Waals surface area contributed by atoms with Gasteiger partial charge in [-0.3, -0.25) is 0 Å². The van der Waals surface area contributed by atoms with Crippen LogP contribution in [0.25, 0.3) is 0 Å². The quantitative estimate of drug-likeness (QED) is 0.684. The van der Waals surface area contributed by atoms with E-state index in [0.717, 1.165) is 18.2 Å². The highest BCUT2D eigenvalue weighted by molar-refractivity contribution is 6.32. The third-order valence-electron chi connectivity index (χ3n) is 3.16. The Kier molecular flexibility index (Phi) is 5.79. The van der Waals surface area contributed by atoms with Crippen LogP contribution in [-0.4, -0.2) is 19.2 Å². The highest BCUT2D eigenvalue weighted by Gasteiger charge is 2.31. The number of halogens is 4. The molecule has 0 heterocycles. The molecule has 8 heteroatoms. The van der Waals surface area contributed by atoms with Crippen molar-refractivity contribution in [3.8, 4) is 17.2 Å². The number of methoxy groups -OCH3 is 1. The van der Waals surface area contributed by atoms with E-state index < -0.39 is 23.8 Å². The molecule has 4 nitrogen and oxygen atoms in total. The average Bonchev–Trinajstić information content (AvgIpc) is 2.56. The Morgan fingerprint density at radius 2 is 1.68 bits per heavy atom. The summed E-state index contributed by atoms with van der Waals surface area (Å²) in [5, 5.41) is -0.158. The lowest BCUT2D eigenvalue weighted by Crippen LogP contribution is -2.24. The molecule has 0 saturated carbocycles. The number of esters is 1. The van der Waals surface area contributed by atoms with Crippen molar-refractivity contribution in [1.29, 1.82) is 0 Å². The number of carbonyl (C=O) groups excluding carboxylic acids is 1. The van der Waals surface area contributed by atoms with Crippen molar-refractivity contribution < 1.29 is 32.2 Å². The first-order valence-corrected chi connectivity index (χ1v) is 7.47.